The molecule has 0 fully saturated rings. The second-order valence-corrected chi connectivity index (χ2v) is 5.73. The zero-order valence-corrected chi connectivity index (χ0v) is 13.4. The van der Waals surface area contributed by atoms with Crippen molar-refractivity contribution in [2.75, 3.05) is 5.73 Å². The van der Waals surface area contributed by atoms with E-state index >= 15 is 0 Å². The molecule has 2 heterocycles. The number of nitrogen functional groups attached to an aromatic ring is 1. The molecule has 3 rings (SSSR count). The van der Waals surface area contributed by atoms with E-state index < -0.39 is 5.92 Å². The van der Waals surface area contributed by atoms with E-state index in [0.717, 1.165) is 18.4 Å². The van der Waals surface area contributed by atoms with Gasteiger partial charge in [0.2, 0.25) is 0 Å². The van der Waals surface area contributed by atoms with Gasteiger partial charge in [-0.25, -0.2) is 13.8 Å². The number of rotatable bonds is 4. The highest BCUT2D eigenvalue weighted by atomic mass is 19.3. The van der Waals surface area contributed by atoms with Crippen LogP contribution < -0.4 is 5.73 Å². The molecule has 7 heteroatoms. The molecule has 0 spiro atoms. The molecule has 3 aromatic rings. The van der Waals surface area contributed by atoms with Gasteiger partial charge in [-0.05, 0) is 30.7 Å². The molecule has 5 nitrogen and oxygen atoms in total. The van der Waals surface area contributed by atoms with Gasteiger partial charge in [0.15, 0.2) is 0 Å². The van der Waals surface area contributed by atoms with Gasteiger partial charge >= 0.3 is 0 Å². The Labute approximate surface area is 138 Å². The van der Waals surface area contributed by atoms with Gasteiger partial charge in [0.1, 0.15) is 5.82 Å². The monoisotopic (exact) mass is 329 g/mol. The summed E-state index contributed by atoms with van der Waals surface area (Å²) >= 11 is 0. The summed E-state index contributed by atoms with van der Waals surface area (Å²) in [5.41, 5.74) is 7.61. The molecule has 2 N–H and O–H groups in total. The lowest BCUT2D eigenvalue weighted by Crippen LogP contribution is -2.10. The van der Waals surface area contributed by atoms with Crippen LogP contribution in [0.5, 0.6) is 0 Å². The molecule has 0 radical (unpaired) electrons. The van der Waals surface area contributed by atoms with E-state index in [1.165, 1.54) is 12.1 Å². The van der Waals surface area contributed by atoms with Gasteiger partial charge in [0.25, 0.3) is 5.92 Å². The molecule has 24 heavy (non-hydrogen) atoms. The van der Waals surface area contributed by atoms with Crippen LogP contribution >= 0.6 is 0 Å². The Hall–Kier alpha value is -2.83. The quantitative estimate of drug-likeness (QED) is 0.745. The minimum absolute atomic E-state index is 0.0718. The van der Waals surface area contributed by atoms with Crippen molar-refractivity contribution in [2.45, 2.75) is 26.3 Å². The van der Waals surface area contributed by atoms with E-state index in [-0.39, 0.29) is 11.3 Å². The third-order valence-electron chi connectivity index (χ3n) is 3.82. The Kier molecular flexibility index (Phi) is 4.01. The molecule has 0 amide bonds. The van der Waals surface area contributed by atoms with Crippen LogP contribution in [0, 0.1) is 6.92 Å². The molecular weight excluding hydrogens is 312 g/mol. The van der Waals surface area contributed by atoms with Gasteiger partial charge in [-0.1, -0.05) is 6.07 Å². The van der Waals surface area contributed by atoms with E-state index in [0.29, 0.717) is 17.7 Å². The topological polar surface area (TPSA) is 69.6 Å². The smallest absolute Gasteiger partial charge is 0.272 e. The highest BCUT2D eigenvalue weighted by Gasteiger charge is 2.27. The molecule has 1 aromatic carbocycles. The summed E-state index contributed by atoms with van der Waals surface area (Å²) in [7, 11) is 0. The lowest BCUT2D eigenvalue weighted by atomic mass is 10.00. The fraction of sp³-hybridized carbons (Fsp3) is 0.235. The summed E-state index contributed by atoms with van der Waals surface area (Å²) in [5.74, 6) is -2.14. The Morgan fingerprint density at radius 3 is 2.67 bits per heavy atom. The van der Waals surface area contributed by atoms with Crippen LogP contribution in [-0.2, 0) is 12.5 Å². The number of aromatic nitrogens is 4. The van der Waals surface area contributed by atoms with Crippen molar-refractivity contribution in [3.05, 3.63) is 59.9 Å². The van der Waals surface area contributed by atoms with E-state index in [1.54, 1.807) is 18.5 Å². The predicted octanol–water partition coefficient (Wildman–Crippen LogP) is 3.39. The minimum atomic E-state index is -3.00. The maximum atomic E-state index is 13.7. The number of benzene rings is 1. The first-order valence-electron chi connectivity index (χ1n) is 7.42. The van der Waals surface area contributed by atoms with Crippen molar-refractivity contribution in [1.82, 2.24) is 19.7 Å². The maximum Gasteiger partial charge on any atom is 0.272 e. The molecule has 2 aromatic heterocycles. The Bertz CT molecular complexity index is 867. The van der Waals surface area contributed by atoms with Crippen LogP contribution in [0.25, 0.3) is 11.1 Å². The van der Waals surface area contributed by atoms with E-state index in [4.69, 9.17) is 5.73 Å². The molecule has 0 saturated carbocycles. The Morgan fingerprint density at radius 1 is 1.21 bits per heavy atom. The van der Waals surface area contributed by atoms with Crippen LogP contribution in [0.3, 0.4) is 0 Å². The number of imidazole rings is 1. The van der Waals surface area contributed by atoms with Crippen LogP contribution in [0.2, 0.25) is 0 Å². The molecule has 0 saturated heterocycles. The van der Waals surface area contributed by atoms with Gasteiger partial charge in [0.05, 0.1) is 18.4 Å². The van der Waals surface area contributed by atoms with Crippen molar-refractivity contribution in [1.29, 1.82) is 0 Å². The van der Waals surface area contributed by atoms with Crippen molar-refractivity contribution >= 4 is 5.69 Å². The standard InChI is InChI=1S/C17H17F2N5/c1-11-21-5-6-24(11)10-14-7-13(9-22-23-14)12-3-4-16(20)15(8-12)17(2,18)19/h3-9H,10,20H2,1-2H3. The van der Waals surface area contributed by atoms with E-state index in [2.05, 4.69) is 15.2 Å². The van der Waals surface area contributed by atoms with Crippen LogP contribution in [0.4, 0.5) is 14.5 Å². The fourth-order valence-electron chi connectivity index (χ4n) is 2.51. The van der Waals surface area contributed by atoms with Gasteiger partial charge in [-0.3, -0.25) is 0 Å². The molecule has 0 bridgehead atoms. The largest absolute Gasteiger partial charge is 0.398 e. The molecule has 0 atom stereocenters. The van der Waals surface area contributed by atoms with Crippen LogP contribution in [-0.4, -0.2) is 19.7 Å². The minimum Gasteiger partial charge on any atom is -0.398 e. The number of hydrogen-bond donors (Lipinski definition) is 1. The lowest BCUT2D eigenvalue weighted by molar-refractivity contribution is 0.0183. The summed E-state index contributed by atoms with van der Waals surface area (Å²) in [6.07, 6.45) is 5.11. The predicted molar refractivity (Wildman–Crippen MR) is 87.5 cm³/mol. The third-order valence-corrected chi connectivity index (χ3v) is 3.82. The summed E-state index contributed by atoms with van der Waals surface area (Å²) in [6, 6.07) is 6.42. The molecular formula is C17H17F2N5. The first kappa shape index (κ1) is 16.0. The SMILES string of the molecule is Cc1nccn1Cc1cc(-c2ccc(N)c(C(C)(F)F)c2)cnn1. The normalized spacial score (nSPS) is 11.7. The summed E-state index contributed by atoms with van der Waals surface area (Å²) < 4.78 is 29.3. The zero-order valence-electron chi connectivity index (χ0n) is 13.4. The molecule has 0 aliphatic heterocycles. The molecule has 0 aliphatic rings. The number of hydrogen-bond acceptors (Lipinski definition) is 4. The van der Waals surface area contributed by atoms with Gasteiger partial charge in [-0.2, -0.15) is 10.2 Å². The summed E-state index contributed by atoms with van der Waals surface area (Å²) in [6.45, 7) is 3.24. The number of alkyl halides is 2. The second kappa shape index (κ2) is 5.99. The summed E-state index contributed by atoms with van der Waals surface area (Å²) in [5, 5.41) is 8.08. The average Bonchev–Trinajstić information content (AvgIpc) is 2.92. The van der Waals surface area contributed by atoms with Crippen molar-refractivity contribution in [2.24, 2.45) is 0 Å². The molecule has 0 aliphatic carbocycles. The van der Waals surface area contributed by atoms with Gasteiger partial charge in [0, 0.05) is 36.1 Å². The number of anilines is 1. The van der Waals surface area contributed by atoms with E-state index in [9.17, 15) is 8.78 Å². The Morgan fingerprint density at radius 2 is 2.00 bits per heavy atom. The van der Waals surface area contributed by atoms with Crippen molar-refractivity contribution in [3.63, 3.8) is 0 Å². The summed E-state index contributed by atoms with van der Waals surface area (Å²) in [4.78, 5) is 4.16. The zero-order chi connectivity index (χ0) is 17.3. The third kappa shape index (κ3) is 3.24. The second-order valence-electron chi connectivity index (χ2n) is 5.73. The molecule has 124 valence electrons. The lowest BCUT2D eigenvalue weighted by Gasteiger charge is -2.15. The Balaban J connectivity index is 1.96. The first-order chi connectivity index (χ1) is 11.3. The average molecular weight is 329 g/mol. The highest BCUT2D eigenvalue weighted by molar-refractivity contribution is 5.67. The van der Waals surface area contributed by atoms with Crippen molar-refractivity contribution < 1.29 is 8.78 Å². The number of nitrogens with two attached hydrogens (primary N) is 1. The van der Waals surface area contributed by atoms with Crippen molar-refractivity contribution in [3.8, 4) is 11.1 Å². The van der Waals surface area contributed by atoms with Crippen LogP contribution in [0.1, 0.15) is 24.0 Å². The van der Waals surface area contributed by atoms with Gasteiger partial charge in [-0.15, -0.1) is 0 Å². The number of halogens is 2. The molecule has 0 unspecified atom stereocenters. The maximum absolute atomic E-state index is 13.7. The van der Waals surface area contributed by atoms with Gasteiger partial charge < -0.3 is 10.3 Å². The van der Waals surface area contributed by atoms with Crippen LogP contribution in [0.15, 0.2) is 42.9 Å². The first-order valence-corrected chi connectivity index (χ1v) is 7.42. The van der Waals surface area contributed by atoms with E-state index in [1.807, 2.05) is 23.8 Å². The number of nitrogens with zero attached hydrogens (tertiary/aromatic N) is 4. The fourth-order valence-corrected chi connectivity index (χ4v) is 2.51. The highest BCUT2D eigenvalue weighted by Crippen LogP contribution is 2.34. The number of aryl methyl sites for hydroxylation is 1.